The first-order valence-corrected chi connectivity index (χ1v) is 8.94. The Kier molecular flexibility index (Phi) is 5.28. The summed E-state index contributed by atoms with van der Waals surface area (Å²) in [5.41, 5.74) is 1.50. The molecule has 4 rings (SSSR count). The van der Waals surface area contributed by atoms with Crippen molar-refractivity contribution < 1.29 is 9.53 Å². The van der Waals surface area contributed by atoms with E-state index in [4.69, 9.17) is 16.3 Å². The summed E-state index contributed by atoms with van der Waals surface area (Å²) < 4.78 is 5.78. The molecule has 0 aliphatic carbocycles. The monoisotopic (exact) mass is 370 g/mol. The van der Waals surface area contributed by atoms with Crippen LogP contribution in [0.5, 0.6) is 5.75 Å². The Balaban J connectivity index is 0.00000169. The van der Waals surface area contributed by atoms with Gasteiger partial charge in [0.15, 0.2) is 0 Å². The second-order valence-electron chi connectivity index (χ2n) is 7.22. The molecule has 1 atom stereocenters. The highest BCUT2D eigenvalue weighted by atomic mass is 35.5. The van der Waals surface area contributed by atoms with Gasteiger partial charge in [-0.15, -0.1) is 12.4 Å². The molecule has 3 heterocycles. The Labute approximate surface area is 154 Å². The van der Waals surface area contributed by atoms with Gasteiger partial charge in [0.05, 0.1) is 5.92 Å². The molecule has 0 saturated carbocycles. The third-order valence-corrected chi connectivity index (χ3v) is 5.98. The molecule has 132 valence electrons. The minimum Gasteiger partial charge on any atom is -0.492 e. The predicted octanol–water partition coefficient (Wildman–Crippen LogP) is 2.92. The minimum absolute atomic E-state index is 0. The van der Waals surface area contributed by atoms with E-state index in [1.807, 2.05) is 23.1 Å². The quantitative estimate of drug-likeness (QED) is 0.826. The Hall–Kier alpha value is -0.970. The fourth-order valence-corrected chi connectivity index (χ4v) is 4.40. The molecule has 2 saturated heterocycles. The van der Waals surface area contributed by atoms with E-state index < -0.39 is 0 Å². The third-order valence-electron chi connectivity index (χ3n) is 5.75. The summed E-state index contributed by atoms with van der Waals surface area (Å²) in [6.45, 7) is 4.50. The lowest BCUT2D eigenvalue weighted by Crippen LogP contribution is -2.48. The number of amides is 1. The summed E-state index contributed by atoms with van der Waals surface area (Å²) in [6.07, 6.45) is 4.24. The van der Waals surface area contributed by atoms with Crippen molar-refractivity contribution >= 4 is 29.9 Å². The van der Waals surface area contributed by atoms with E-state index in [0.717, 1.165) is 56.8 Å². The number of nitrogens with zero attached hydrogens (tertiary/aromatic N) is 1. The molecule has 1 spiro atoms. The van der Waals surface area contributed by atoms with Crippen LogP contribution in [0.3, 0.4) is 0 Å². The van der Waals surface area contributed by atoms with Crippen LogP contribution in [0.2, 0.25) is 5.02 Å². The topological polar surface area (TPSA) is 41.6 Å². The number of benzene rings is 1. The second kappa shape index (κ2) is 7.11. The Bertz CT molecular complexity index is 607. The number of hydrogen-bond acceptors (Lipinski definition) is 3. The van der Waals surface area contributed by atoms with Crippen LogP contribution in [0, 0.1) is 11.3 Å². The van der Waals surface area contributed by atoms with Gasteiger partial charge in [0, 0.05) is 24.7 Å². The number of nitrogens with one attached hydrogen (secondary N) is 1. The van der Waals surface area contributed by atoms with Crippen LogP contribution < -0.4 is 10.1 Å². The Morgan fingerprint density at radius 3 is 2.79 bits per heavy atom. The molecule has 1 aromatic rings. The van der Waals surface area contributed by atoms with E-state index in [9.17, 15) is 4.79 Å². The van der Waals surface area contributed by atoms with Crippen molar-refractivity contribution in [3.8, 4) is 5.75 Å². The van der Waals surface area contributed by atoms with Crippen LogP contribution in [0.1, 0.15) is 24.8 Å². The van der Waals surface area contributed by atoms with E-state index in [1.54, 1.807) is 0 Å². The number of carbonyl (C=O) groups is 1. The minimum atomic E-state index is -0.0725. The largest absolute Gasteiger partial charge is 0.492 e. The molecule has 1 amide bonds. The van der Waals surface area contributed by atoms with Crippen molar-refractivity contribution in [3.05, 3.63) is 28.8 Å². The molecule has 6 heteroatoms. The maximum Gasteiger partial charge on any atom is 0.229 e. The number of rotatable bonds is 1. The molecule has 1 aromatic carbocycles. The van der Waals surface area contributed by atoms with E-state index in [1.165, 1.54) is 6.42 Å². The van der Waals surface area contributed by atoms with Gasteiger partial charge in [-0.25, -0.2) is 0 Å². The molecule has 4 nitrogen and oxygen atoms in total. The summed E-state index contributed by atoms with van der Waals surface area (Å²) in [6, 6.07) is 5.66. The predicted molar refractivity (Wildman–Crippen MR) is 97.1 cm³/mol. The number of carbonyl (C=O) groups excluding carboxylic acids is 1. The molecular formula is C18H24Cl2N2O2. The zero-order valence-electron chi connectivity index (χ0n) is 13.7. The van der Waals surface area contributed by atoms with Crippen LogP contribution >= 0.6 is 24.0 Å². The fourth-order valence-electron chi connectivity index (χ4n) is 4.20. The zero-order valence-corrected chi connectivity index (χ0v) is 15.3. The number of ether oxygens (including phenoxy) is 1. The molecule has 3 aliphatic rings. The molecule has 3 aliphatic heterocycles. The highest BCUT2D eigenvalue weighted by molar-refractivity contribution is 6.30. The molecule has 1 N–H and O–H groups in total. The lowest BCUT2D eigenvalue weighted by Gasteiger charge is -2.40. The summed E-state index contributed by atoms with van der Waals surface area (Å²) in [5.74, 6) is 1.04. The van der Waals surface area contributed by atoms with Gasteiger partial charge >= 0.3 is 0 Å². The number of likely N-dealkylation sites (tertiary alicyclic amines) is 1. The molecular weight excluding hydrogens is 347 g/mol. The lowest BCUT2D eigenvalue weighted by atomic mass is 9.77. The van der Waals surface area contributed by atoms with Crippen molar-refractivity contribution in [2.75, 3.05) is 32.8 Å². The van der Waals surface area contributed by atoms with Crippen molar-refractivity contribution in [1.82, 2.24) is 10.2 Å². The van der Waals surface area contributed by atoms with E-state index in [0.29, 0.717) is 17.0 Å². The normalized spacial score (nSPS) is 24.9. The second-order valence-corrected chi connectivity index (χ2v) is 7.65. The number of hydrogen-bond donors (Lipinski definition) is 1. The Morgan fingerprint density at radius 1 is 1.29 bits per heavy atom. The fraction of sp³-hybridized carbons (Fsp3) is 0.611. The highest BCUT2D eigenvalue weighted by Gasteiger charge is 2.39. The van der Waals surface area contributed by atoms with Crippen molar-refractivity contribution in [2.45, 2.75) is 25.7 Å². The Morgan fingerprint density at radius 2 is 2.08 bits per heavy atom. The first-order valence-electron chi connectivity index (χ1n) is 8.56. The van der Waals surface area contributed by atoms with E-state index in [-0.39, 0.29) is 24.2 Å². The summed E-state index contributed by atoms with van der Waals surface area (Å²) in [5, 5.41) is 4.17. The smallest absolute Gasteiger partial charge is 0.229 e. The van der Waals surface area contributed by atoms with E-state index >= 15 is 0 Å². The average molecular weight is 371 g/mol. The summed E-state index contributed by atoms with van der Waals surface area (Å²) >= 11 is 6.07. The van der Waals surface area contributed by atoms with E-state index in [2.05, 4.69) is 5.32 Å². The molecule has 1 unspecified atom stereocenters. The van der Waals surface area contributed by atoms with Gasteiger partial charge in [0.2, 0.25) is 5.91 Å². The third kappa shape index (κ3) is 3.37. The van der Waals surface area contributed by atoms with Crippen LogP contribution in [0.15, 0.2) is 18.2 Å². The maximum atomic E-state index is 12.8. The number of halogens is 2. The molecule has 2 fully saturated rings. The first kappa shape index (κ1) is 17.8. The SMILES string of the molecule is Cl.O=C(C1COc2ccc(Cl)cc2C1)N1CCC2(CCNC2)CC1. The van der Waals surface area contributed by atoms with Crippen molar-refractivity contribution in [2.24, 2.45) is 11.3 Å². The van der Waals surface area contributed by atoms with Gasteiger partial charge in [0.25, 0.3) is 0 Å². The molecule has 0 aromatic heterocycles. The lowest BCUT2D eigenvalue weighted by molar-refractivity contribution is -0.139. The van der Waals surface area contributed by atoms with Crippen molar-refractivity contribution in [1.29, 1.82) is 0 Å². The van der Waals surface area contributed by atoms with Crippen LogP contribution in [-0.2, 0) is 11.2 Å². The average Bonchev–Trinajstić information content (AvgIpc) is 3.02. The van der Waals surface area contributed by atoms with Crippen molar-refractivity contribution in [3.63, 3.8) is 0 Å². The number of fused-ring (bicyclic) bond motifs is 1. The highest BCUT2D eigenvalue weighted by Crippen LogP contribution is 2.38. The van der Waals surface area contributed by atoms with Crippen LogP contribution in [0.4, 0.5) is 0 Å². The molecule has 0 bridgehead atoms. The molecule has 24 heavy (non-hydrogen) atoms. The molecule has 0 radical (unpaired) electrons. The van der Waals surface area contributed by atoms with Gasteiger partial charge in [-0.3, -0.25) is 4.79 Å². The summed E-state index contributed by atoms with van der Waals surface area (Å²) in [4.78, 5) is 14.9. The number of piperidine rings is 1. The maximum absolute atomic E-state index is 12.8. The zero-order chi connectivity index (χ0) is 15.9. The first-order chi connectivity index (χ1) is 11.2. The van der Waals surface area contributed by atoms with Crippen LogP contribution in [0.25, 0.3) is 0 Å². The van der Waals surface area contributed by atoms with Gasteiger partial charge < -0.3 is 15.0 Å². The standard InChI is InChI=1S/C18H23ClN2O2.ClH/c19-15-1-2-16-13(10-15)9-14(11-23-16)17(22)21-7-4-18(5-8-21)3-6-20-12-18;/h1-2,10,14,20H,3-9,11-12H2;1H. The van der Waals surface area contributed by atoms with Crippen LogP contribution in [-0.4, -0.2) is 43.6 Å². The summed E-state index contributed by atoms with van der Waals surface area (Å²) in [7, 11) is 0. The van der Waals surface area contributed by atoms with Gasteiger partial charge in [-0.1, -0.05) is 11.6 Å². The van der Waals surface area contributed by atoms with Gasteiger partial charge in [-0.05, 0) is 61.4 Å². The van der Waals surface area contributed by atoms with Gasteiger partial charge in [-0.2, -0.15) is 0 Å². The van der Waals surface area contributed by atoms with Gasteiger partial charge in [0.1, 0.15) is 12.4 Å².